The van der Waals surface area contributed by atoms with E-state index in [-0.39, 0.29) is 63.7 Å². The third-order valence-electron chi connectivity index (χ3n) is 27.4. The van der Waals surface area contributed by atoms with Crippen molar-refractivity contribution in [2.24, 2.45) is 23.7 Å². The van der Waals surface area contributed by atoms with Crippen LogP contribution in [0.1, 0.15) is 318 Å². The summed E-state index contributed by atoms with van der Waals surface area (Å²) in [5.74, 6) is 12.1. The molecule has 9 aromatic carbocycles. The lowest BCUT2D eigenvalue weighted by Gasteiger charge is -2.49. The van der Waals surface area contributed by atoms with Crippen molar-refractivity contribution < 1.29 is 75.8 Å². The molecule has 8 heterocycles. The lowest BCUT2D eigenvalue weighted by molar-refractivity contribution is 0.0198. The van der Waals surface area contributed by atoms with Gasteiger partial charge in [0.15, 0.2) is 0 Å². The van der Waals surface area contributed by atoms with Crippen LogP contribution in [0.25, 0.3) is 0 Å². The molecule has 8 unspecified atom stereocenters. The van der Waals surface area contributed by atoms with E-state index in [0.29, 0.717) is 65.1 Å². The van der Waals surface area contributed by atoms with Crippen molar-refractivity contribution in [3.05, 3.63) is 274 Å². The highest BCUT2D eigenvalue weighted by atomic mass is 16.6. The second-order valence-electron chi connectivity index (χ2n) is 38.5. The molecule has 0 radical (unpaired) electrons. The van der Waals surface area contributed by atoms with Crippen molar-refractivity contribution in [1.29, 1.82) is 0 Å². The monoisotopic (exact) mass is 1970 g/mol. The highest BCUT2D eigenvalue weighted by molar-refractivity contribution is 5.62. The molecule has 1 spiro atoms. The van der Waals surface area contributed by atoms with E-state index >= 15 is 0 Å². The van der Waals surface area contributed by atoms with Gasteiger partial charge < -0.3 is 75.8 Å². The molecule has 790 valence electrons. The van der Waals surface area contributed by atoms with E-state index in [4.69, 9.17) is 75.8 Å². The number of rotatable bonds is 29. The molecule has 16 heteroatoms. The average molecular weight is 1970 g/mol. The predicted molar refractivity (Wildman–Crippen MR) is 590 cm³/mol. The topological polar surface area (TPSA) is 174 Å². The van der Waals surface area contributed by atoms with Crippen LogP contribution in [-0.4, -0.2) is 155 Å². The van der Waals surface area contributed by atoms with E-state index in [1.807, 2.05) is 211 Å². The number of hydrogen-bond acceptors (Lipinski definition) is 16. The third-order valence-corrected chi connectivity index (χ3v) is 27.4. The molecule has 8 aliphatic heterocycles. The highest BCUT2D eigenvalue weighted by Crippen LogP contribution is 2.64. The zero-order valence-electron chi connectivity index (χ0n) is 93.2. The maximum Gasteiger partial charge on any atom is 0.119 e. The van der Waals surface area contributed by atoms with E-state index in [0.717, 1.165) is 112 Å². The van der Waals surface area contributed by atoms with Gasteiger partial charge >= 0.3 is 0 Å². The largest absolute Gasteiger partial charge is 0.491 e. The molecule has 7 aliphatic carbocycles. The molecule has 0 aromatic heterocycles. The van der Waals surface area contributed by atoms with E-state index in [1.54, 1.807) is 38.5 Å². The van der Waals surface area contributed by atoms with Crippen LogP contribution in [0.15, 0.2) is 212 Å². The van der Waals surface area contributed by atoms with Crippen molar-refractivity contribution in [3.63, 3.8) is 0 Å². The zero-order valence-corrected chi connectivity index (χ0v) is 93.2. The summed E-state index contributed by atoms with van der Waals surface area (Å²) in [4.78, 5) is 0. The Balaban J connectivity index is 0.000000210. The van der Waals surface area contributed by atoms with Gasteiger partial charge in [-0.2, -0.15) is 0 Å². The van der Waals surface area contributed by atoms with E-state index < -0.39 is 0 Å². The number of hydrogen-bond donors (Lipinski definition) is 0. The molecular formula is C127H186O16. The van der Waals surface area contributed by atoms with Crippen LogP contribution >= 0.6 is 0 Å². The average Bonchev–Trinajstić information content (AvgIpc) is 1.52. The van der Waals surface area contributed by atoms with Gasteiger partial charge in [0.25, 0.3) is 0 Å². The maximum atomic E-state index is 6.10. The molecule has 24 rings (SSSR count). The van der Waals surface area contributed by atoms with Gasteiger partial charge in [0, 0.05) is 16.2 Å². The summed E-state index contributed by atoms with van der Waals surface area (Å²) in [6, 6.07) is 74.5. The minimum atomic E-state index is -0.294. The lowest BCUT2D eigenvalue weighted by atomic mass is 9.56. The van der Waals surface area contributed by atoms with E-state index in [1.165, 1.54) is 117 Å². The SMILES string of the molecule is C1C2CC3CC1CC(C2)C3.CC.CC.CC.CC.CC.CC.CC.CC.CC.CC.CC(c1ccccc1)(c1ccc(OCC2CO2)cc1)c1ccc(OCC2CO2)cc1.CC1(C)CC2(CC(C)(C)c3ccc(OCC4CO4)cc32)c2cc(OCC3CO3)ccc21.Cc1ccc(OCC2CO2)cc1.Cc1ccc(OCC2CO2)cc1.c1cc(C2(c3ccc(OCC4CO4)cc3)CCCCC2)ccc1OCC1CO1. The zero-order chi connectivity index (χ0) is 104. The molecule has 0 N–H and O–H groups in total. The lowest BCUT2D eigenvalue weighted by Crippen LogP contribution is -2.38. The molecule has 5 saturated carbocycles. The first-order valence-corrected chi connectivity index (χ1v) is 55.8. The summed E-state index contributed by atoms with van der Waals surface area (Å²) in [5.41, 5.74) is 14.7. The summed E-state index contributed by atoms with van der Waals surface area (Å²) in [5, 5.41) is 0. The summed E-state index contributed by atoms with van der Waals surface area (Å²) in [6.07, 6.45) is 20.4. The Morgan fingerprint density at radius 3 is 0.692 bits per heavy atom. The van der Waals surface area contributed by atoms with E-state index in [2.05, 4.69) is 188 Å². The second kappa shape index (κ2) is 61.6. The molecule has 8 atom stereocenters. The Morgan fingerprint density at radius 1 is 0.245 bits per heavy atom. The molecule has 143 heavy (non-hydrogen) atoms. The maximum absolute atomic E-state index is 6.10. The second-order valence-corrected chi connectivity index (χ2v) is 38.5. The quantitative estimate of drug-likeness (QED) is 0.0320. The first kappa shape index (κ1) is 119. The summed E-state index contributed by atoms with van der Waals surface area (Å²) < 4.78 is 88.0. The number of ether oxygens (including phenoxy) is 16. The van der Waals surface area contributed by atoms with Gasteiger partial charge in [-0.15, -0.1) is 0 Å². The smallest absolute Gasteiger partial charge is 0.119 e. The molecule has 15 aliphatic rings. The summed E-state index contributed by atoms with van der Waals surface area (Å²) >= 11 is 0. The minimum Gasteiger partial charge on any atom is -0.491 e. The molecule has 8 saturated heterocycles. The fourth-order valence-corrected chi connectivity index (χ4v) is 20.2. The van der Waals surface area contributed by atoms with Gasteiger partial charge in [0.05, 0.1) is 52.9 Å². The fraction of sp³-hybridized carbons (Fsp3) is 0.575. The van der Waals surface area contributed by atoms with Gasteiger partial charge in [-0.05, 0) is 267 Å². The van der Waals surface area contributed by atoms with Crippen LogP contribution < -0.4 is 37.9 Å². The Hall–Kier alpha value is -8.94. The van der Waals surface area contributed by atoms with Gasteiger partial charge in [0.2, 0.25) is 0 Å². The number of fused-ring (bicyclic) bond motifs is 4. The van der Waals surface area contributed by atoms with Crippen LogP contribution in [-0.2, 0) is 65.0 Å². The van der Waals surface area contributed by atoms with Crippen LogP contribution in [0.4, 0.5) is 0 Å². The Bertz CT molecular complexity index is 4560. The van der Waals surface area contributed by atoms with E-state index in [9.17, 15) is 0 Å². The van der Waals surface area contributed by atoms with Crippen molar-refractivity contribution in [1.82, 2.24) is 0 Å². The standard InChI is InChI=1S/C27H32O4.C26H26O4.C24H28O4.2C10H12O2.C10H16.10C2H6/c1-25(2)15-27(23-9-17(5-7-21(23)25)28-11-19-13-30-19)16-26(3,4)22-8-6-18(10-24(22)27)29-12-20-14-31-20;1-26(19-5-3-2-4-6-19,20-7-11-22(12-8-20)27-15-24-17-29-24)21-9-13-23(14-10-21)28-16-25-18-30-25;1-2-12-24(13-3-1,18-4-8-20(9-5-18)25-14-22-16-27-22)19-6-10-21(11-7-19)26-15-23-17-28-23;2*1-8-2-4-9(5-3-8)11-6-10-7-12-10;1-7-2-9-4-8(1)5-10(3-7)6-9;10*1-2/h5-10,19-20H,11-16H2,1-4H3;2-14,24-25H,15-18H2,1H3;4-11,22-23H,1-3,12-17H2;2*2-5,10H,6-7H2,1H3;7-10H,1-6H2;10*1-2H3. The van der Waals surface area contributed by atoms with Gasteiger partial charge in [0.1, 0.15) is 148 Å². The van der Waals surface area contributed by atoms with Crippen LogP contribution in [0.2, 0.25) is 0 Å². The molecule has 9 aromatic rings. The Labute approximate surface area is 865 Å². The molecule has 0 amide bonds. The minimum absolute atomic E-state index is 0.0113. The molecule has 16 nitrogen and oxygen atoms in total. The first-order chi connectivity index (χ1) is 69.9. The number of aryl methyl sites for hydroxylation is 2. The molecule has 4 bridgehead atoms. The van der Waals surface area contributed by atoms with Crippen LogP contribution in [0, 0.1) is 37.5 Å². The third kappa shape index (κ3) is 36.8. The van der Waals surface area contributed by atoms with Crippen LogP contribution in [0.5, 0.6) is 46.0 Å². The Kier molecular flexibility index (Phi) is 51.4. The van der Waals surface area contributed by atoms with Crippen LogP contribution in [0.3, 0.4) is 0 Å². The first-order valence-electron chi connectivity index (χ1n) is 55.8. The summed E-state index contributed by atoms with van der Waals surface area (Å²) in [6.45, 7) is 67.7. The van der Waals surface area contributed by atoms with Gasteiger partial charge in [-0.1, -0.05) is 312 Å². The van der Waals surface area contributed by atoms with Gasteiger partial charge in [-0.25, -0.2) is 0 Å². The van der Waals surface area contributed by atoms with Crippen molar-refractivity contribution >= 4 is 0 Å². The fourth-order valence-electron chi connectivity index (χ4n) is 20.2. The van der Waals surface area contributed by atoms with Crippen molar-refractivity contribution in [3.8, 4) is 46.0 Å². The highest BCUT2D eigenvalue weighted by Gasteiger charge is 2.57. The predicted octanol–water partition coefficient (Wildman–Crippen LogP) is 30.6. The Morgan fingerprint density at radius 2 is 0.455 bits per heavy atom. The van der Waals surface area contributed by atoms with Crippen molar-refractivity contribution in [2.45, 2.75) is 346 Å². The number of epoxide rings is 8. The molecule has 13 fully saturated rings. The molecular weight excluding hydrogens is 1780 g/mol. The number of benzene rings is 9. The normalized spacial score (nSPS) is 24.0. The van der Waals surface area contributed by atoms with Crippen molar-refractivity contribution in [2.75, 3.05) is 106 Å². The summed E-state index contributed by atoms with van der Waals surface area (Å²) in [7, 11) is 0. The van der Waals surface area contributed by atoms with Gasteiger partial charge in [-0.3, -0.25) is 0 Å².